The van der Waals surface area contributed by atoms with Crippen molar-refractivity contribution in [1.82, 2.24) is 20.2 Å². The molecule has 2 atom stereocenters. The summed E-state index contributed by atoms with van der Waals surface area (Å²) in [4.78, 5) is 15.5. The van der Waals surface area contributed by atoms with E-state index in [1.807, 2.05) is 13.8 Å². The summed E-state index contributed by atoms with van der Waals surface area (Å²) in [5, 5.41) is 6.13. The summed E-state index contributed by atoms with van der Waals surface area (Å²) in [7, 11) is 0. The Morgan fingerprint density at radius 1 is 1.48 bits per heavy atom. The second kappa shape index (κ2) is 5.51. The molecule has 8 heteroatoms. The van der Waals surface area contributed by atoms with E-state index in [1.54, 1.807) is 4.57 Å². The van der Waals surface area contributed by atoms with Gasteiger partial charge in [-0.2, -0.15) is 13.2 Å². The molecule has 3 rings (SSSR count). The molecule has 0 spiro atoms. The van der Waals surface area contributed by atoms with Crippen LogP contribution in [0.4, 0.5) is 13.2 Å². The predicted octanol–water partition coefficient (Wildman–Crippen LogP) is 1.58. The highest BCUT2D eigenvalue weighted by atomic mass is 19.4. The van der Waals surface area contributed by atoms with Crippen LogP contribution in [0.3, 0.4) is 0 Å². The fourth-order valence-electron chi connectivity index (χ4n) is 3.35. The van der Waals surface area contributed by atoms with Crippen LogP contribution in [-0.2, 0) is 23.9 Å². The molecule has 5 nitrogen and oxygen atoms in total. The van der Waals surface area contributed by atoms with Crippen LogP contribution in [0.25, 0.3) is 0 Å². The van der Waals surface area contributed by atoms with Crippen molar-refractivity contribution in [2.45, 2.75) is 45.5 Å². The summed E-state index contributed by atoms with van der Waals surface area (Å²) in [6.45, 7) is 5.79. The number of rotatable bonds is 3. The fraction of sp³-hybridized carbons (Fsp3) is 0.733. The minimum Gasteiger partial charge on any atom is -0.354 e. The first-order chi connectivity index (χ1) is 10.7. The quantitative estimate of drug-likeness (QED) is 0.885. The van der Waals surface area contributed by atoms with Gasteiger partial charge in [0.05, 0.1) is 6.04 Å². The van der Waals surface area contributed by atoms with Gasteiger partial charge in [-0.1, -0.05) is 13.8 Å². The molecule has 2 unspecified atom stereocenters. The second-order valence-corrected chi connectivity index (χ2v) is 7.14. The van der Waals surface area contributed by atoms with Crippen LogP contribution in [0, 0.1) is 11.3 Å². The van der Waals surface area contributed by atoms with Gasteiger partial charge >= 0.3 is 6.18 Å². The molecule has 1 fully saturated rings. The molecule has 128 valence electrons. The molecule has 1 aromatic heterocycles. The molecule has 0 bridgehead atoms. The third-order valence-electron chi connectivity index (χ3n) is 4.75. The first-order valence-corrected chi connectivity index (χ1v) is 7.81. The van der Waals surface area contributed by atoms with Gasteiger partial charge in [-0.15, -0.1) is 0 Å². The van der Waals surface area contributed by atoms with Crippen molar-refractivity contribution in [3.8, 4) is 0 Å². The van der Waals surface area contributed by atoms with Crippen LogP contribution in [0.15, 0.2) is 6.20 Å². The number of hydrogen-bond donors (Lipinski definition) is 2. The summed E-state index contributed by atoms with van der Waals surface area (Å²) in [6, 6.07) is -0.252. The third-order valence-corrected chi connectivity index (χ3v) is 4.75. The predicted molar refractivity (Wildman–Crippen MR) is 77.6 cm³/mol. The van der Waals surface area contributed by atoms with E-state index in [0.29, 0.717) is 31.9 Å². The first kappa shape index (κ1) is 16.3. The minimum atomic E-state index is -4.40. The molecule has 2 N–H and O–H groups in total. The van der Waals surface area contributed by atoms with Crippen molar-refractivity contribution in [2.75, 3.05) is 13.1 Å². The van der Waals surface area contributed by atoms with Crippen LogP contribution in [0.5, 0.6) is 0 Å². The van der Waals surface area contributed by atoms with E-state index in [9.17, 15) is 18.0 Å². The monoisotopic (exact) mass is 330 g/mol. The van der Waals surface area contributed by atoms with Crippen LogP contribution in [0.1, 0.15) is 31.8 Å². The first-order valence-electron chi connectivity index (χ1n) is 7.81. The van der Waals surface area contributed by atoms with E-state index in [0.717, 1.165) is 12.6 Å². The number of aromatic nitrogens is 2. The number of hydrogen-bond acceptors (Lipinski definition) is 3. The minimum absolute atomic E-state index is 0.00603. The van der Waals surface area contributed by atoms with Gasteiger partial charge in [-0.25, -0.2) is 4.98 Å². The van der Waals surface area contributed by atoms with Crippen molar-refractivity contribution < 1.29 is 18.0 Å². The van der Waals surface area contributed by atoms with Crippen molar-refractivity contribution in [3.63, 3.8) is 0 Å². The maximum atomic E-state index is 12.7. The Labute approximate surface area is 132 Å². The molecular weight excluding hydrogens is 309 g/mol. The lowest BCUT2D eigenvalue weighted by Crippen LogP contribution is -2.46. The number of alkyl halides is 3. The number of nitrogens with zero attached hydrogens (tertiary/aromatic N) is 2. The zero-order chi connectivity index (χ0) is 16.8. The normalized spacial score (nSPS) is 26.9. The van der Waals surface area contributed by atoms with Crippen LogP contribution in [0.2, 0.25) is 0 Å². The molecular formula is C15H21F3N4O. The number of amides is 1. The zero-order valence-electron chi connectivity index (χ0n) is 13.2. The Kier molecular flexibility index (Phi) is 3.90. The van der Waals surface area contributed by atoms with E-state index in [-0.39, 0.29) is 23.3 Å². The standard InChI is InChI=1S/C15H21F3N4O/c1-14(2)8-20-13(23)12(14)19-5-9-3-4-11-21-10(15(16,17)18)7-22(11)6-9/h7,9,12,19H,3-6,8H2,1-2H3,(H,20,23). The average molecular weight is 330 g/mol. The molecule has 2 aliphatic heterocycles. The van der Waals surface area contributed by atoms with E-state index in [2.05, 4.69) is 15.6 Å². The summed E-state index contributed by atoms with van der Waals surface area (Å²) >= 11 is 0. The Morgan fingerprint density at radius 2 is 2.22 bits per heavy atom. The number of halogens is 3. The molecule has 0 saturated carbocycles. The molecule has 2 aliphatic rings. The average Bonchev–Trinajstić information content (AvgIpc) is 2.98. The number of carbonyl (C=O) groups is 1. The highest BCUT2D eigenvalue weighted by molar-refractivity contribution is 5.85. The number of carbonyl (C=O) groups excluding carboxylic acids is 1. The third kappa shape index (κ3) is 3.22. The second-order valence-electron chi connectivity index (χ2n) is 7.14. The van der Waals surface area contributed by atoms with E-state index < -0.39 is 11.9 Å². The highest BCUT2D eigenvalue weighted by Gasteiger charge is 2.41. The van der Waals surface area contributed by atoms with Gasteiger partial charge < -0.3 is 15.2 Å². The van der Waals surface area contributed by atoms with Gasteiger partial charge in [0, 0.05) is 37.7 Å². The van der Waals surface area contributed by atoms with Crippen LogP contribution >= 0.6 is 0 Å². The lowest BCUT2D eigenvalue weighted by atomic mass is 9.87. The summed E-state index contributed by atoms with van der Waals surface area (Å²) < 4.78 is 39.8. The Balaban J connectivity index is 1.62. The maximum Gasteiger partial charge on any atom is 0.434 e. The number of imidazole rings is 1. The molecule has 1 amide bonds. The Hall–Kier alpha value is -1.57. The van der Waals surface area contributed by atoms with Crippen LogP contribution < -0.4 is 10.6 Å². The fourth-order valence-corrected chi connectivity index (χ4v) is 3.35. The number of fused-ring (bicyclic) bond motifs is 1. The molecule has 3 heterocycles. The SMILES string of the molecule is CC1(C)CNC(=O)C1NCC1CCc2nc(C(F)(F)F)cn2C1. The molecule has 0 aromatic carbocycles. The number of aryl methyl sites for hydroxylation is 1. The Morgan fingerprint density at radius 3 is 2.83 bits per heavy atom. The molecule has 1 saturated heterocycles. The molecule has 0 aliphatic carbocycles. The summed E-state index contributed by atoms with van der Waals surface area (Å²) in [6.07, 6.45) is -2.00. The van der Waals surface area contributed by atoms with E-state index >= 15 is 0 Å². The van der Waals surface area contributed by atoms with Crippen molar-refractivity contribution >= 4 is 5.91 Å². The maximum absolute atomic E-state index is 12.7. The zero-order valence-corrected chi connectivity index (χ0v) is 13.2. The summed E-state index contributed by atoms with van der Waals surface area (Å²) in [5.74, 6) is 0.683. The largest absolute Gasteiger partial charge is 0.434 e. The van der Waals surface area contributed by atoms with Gasteiger partial charge in [-0.3, -0.25) is 4.79 Å². The lowest BCUT2D eigenvalue weighted by Gasteiger charge is -2.29. The molecule has 0 radical (unpaired) electrons. The van der Waals surface area contributed by atoms with Gasteiger partial charge in [0.15, 0.2) is 5.69 Å². The van der Waals surface area contributed by atoms with Gasteiger partial charge in [0.2, 0.25) is 5.91 Å². The topological polar surface area (TPSA) is 59.0 Å². The van der Waals surface area contributed by atoms with Crippen molar-refractivity contribution in [1.29, 1.82) is 0 Å². The number of nitrogens with one attached hydrogen (secondary N) is 2. The smallest absolute Gasteiger partial charge is 0.354 e. The van der Waals surface area contributed by atoms with Crippen molar-refractivity contribution in [2.24, 2.45) is 11.3 Å². The Bertz CT molecular complexity index is 608. The lowest BCUT2D eigenvalue weighted by molar-refractivity contribution is -0.141. The van der Waals surface area contributed by atoms with Gasteiger partial charge in [0.25, 0.3) is 0 Å². The molecule has 1 aromatic rings. The van der Waals surface area contributed by atoms with Gasteiger partial charge in [0.1, 0.15) is 5.82 Å². The van der Waals surface area contributed by atoms with E-state index in [4.69, 9.17) is 0 Å². The van der Waals surface area contributed by atoms with E-state index in [1.165, 1.54) is 0 Å². The van der Waals surface area contributed by atoms with Gasteiger partial charge in [-0.05, 0) is 12.3 Å². The van der Waals surface area contributed by atoms with Crippen LogP contribution in [-0.4, -0.2) is 34.6 Å². The van der Waals surface area contributed by atoms with Crippen molar-refractivity contribution in [3.05, 3.63) is 17.7 Å². The summed E-state index contributed by atoms with van der Waals surface area (Å²) in [5.41, 5.74) is -0.979. The molecule has 23 heavy (non-hydrogen) atoms. The highest BCUT2D eigenvalue weighted by Crippen LogP contribution is 2.31.